The molecule has 0 aliphatic rings. The van der Waals surface area contributed by atoms with Crippen LogP contribution in [-0.2, 0) is 19.1 Å². The van der Waals surface area contributed by atoms with Gasteiger partial charge < -0.3 is 14.2 Å². The van der Waals surface area contributed by atoms with Crippen LogP contribution in [0, 0.1) is 13.8 Å². The van der Waals surface area contributed by atoms with E-state index in [9.17, 15) is 9.59 Å². The Kier molecular flexibility index (Phi) is 10.6. The van der Waals surface area contributed by atoms with E-state index in [1.54, 1.807) is 6.07 Å². The topological polar surface area (TPSA) is 61.8 Å². The minimum Gasteiger partial charge on any atom is -0.464 e. The van der Waals surface area contributed by atoms with Gasteiger partial charge in [-0.3, -0.25) is 0 Å². The van der Waals surface area contributed by atoms with Gasteiger partial charge in [-0.05, 0) is 37.5 Å². The molecule has 0 aliphatic carbocycles. The van der Waals surface area contributed by atoms with Crippen molar-refractivity contribution in [3.05, 3.63) is 29.3 Å². The molecule has 0 bridgehead atoms. The Morgan fingerprint density at radius 1 is 0.920 bits per heavy atom. The summed E-state index contributed by atoms with van der Waals surface area (Å²) >= 11 is 0. The highest BCUT2D eigenvalue weighted by molar-refractivity contribution is 5.75. The van der Waals surface area contributed by atoms with E-state index in [0.29, 0.717) is 12.4 Å². The standard InChI is InChI=1S/C20H30O5/c1-4-5-6-7-8-9-12-24-19(21)14-23-15-20(22)25-18-13-16(2)10-11-17(18)3/h10-11,13H,4-9,12,14-15H2,1-3H3. The molecule has 140 valence electrons. The molecule has 0 radical (unpaired) electrons. The van der Waals surface area contributed by atoms with Crippen LogP contribution in [0.1, 0.15) is 56.6 Å². The van der Waals surface area contributed by atoms with E-state index in [2.05, 4.69) is 6.92 Å². The van der Waals surface area contributed by atoms with Crippen molar-refractivity contribution in [1.82, 2.24) is 0 Å². The van der Waals surface area contributed by atoms with E-state index in [1.165, 1.54) is 25.7 Å². The third-order valence-corrected chi connectivity index (χ3v) is 3.77. The van der Waals surface area contributed by atoms with E-state index in [1.807, 2.05) is 26.0 Å². The van der Waals surface area contributed by atoms with Gasteiger partial charge in [0.05, 0.1) is 6.61 Å². The van der Waals surface area contributed by atoms with Crippen molar-refractivity contribution in [2.75, 3.05) is 19.8 Å². The molecular weight excluding hydrogens is 320 g/mol. The molecule has 0 aromatic heterocycles. The Labute approximate surface area is 150 Å². The zero-order valence-corrected chi connectivity index (χ0v) is 15.6. The predicted octanol–water partition coefficient (Wildman–Crippen LogP) is 4.13. The van der Waals surface area contributed by atoms with Crippen LogP contribution in [0.5, 0.6) is 5.75 Å². The molecule has 25 heavy (non-hydrogen) atoms. The molecule has 1 rings (SSSR count). The van der Waals surface area contributed by atoms with Crippen LogP contribution in [0.3, 0.4) is 0 Å². The summed E-state index contributed by atoms with van der Waals surface area (Å²) in [5, 5.41) is 0. The van der Waals surface area contributed by atoms with Crippen LogP contribution in [-0.4, -0.2) is 31.8 Å². The number of hydrogen-bond donors (Lipinski definition) is 0. The molecule has 0 heterocycles. The molecule has 0 amide bonds. The lowest BCUT2D eigenvalue weighted by atomic mass is 10.1. The number of carbonyl (C=O) groups excluding carboxylic acids is 2. The van der Waals surface area contributed by atoms with Crippen LogP contribution in [0.2, 0.25) is 0 Å². The fraction of sp³-hybridized carbons (Fsp3) is 0.600. The largest absolute Gasteiger partial charge is 0.464 e. The van der Waals surface area contributed by atoms with Crippen molar-refractivity contribution < 1.29 is 23.8 Å². The average molecular weight is 350 g/mol. The number of benzene rings is 1. The minimum absolute atomic E-state index is 0.238. The number of hydrogen-bond acceptors (Lipinski definition) is 5. The van der Waals surface area contributed by atoms with Crippen LogP contribution >= 0.6 is 0 Å². The van der Waals surface area contributed by atoms with Gasteiger partial charge in [0.15, 0.2) is 0 Å². The highest BCUT2D eigenvalue weighted by atomic mass is 16.6. The Morgan fingerprint density at radius 3 is 2.36 bits per heavy atom. The fourth-order valence-corrected chi connectivity index (χ4v) is 2.30. The SMILES string of the molecule is CCCCCCCCOC(=O)COCC(=O)Oc1cc(C)ccc1C. The van der Waals surface area contributed by atoms with Gasteiger partial charge in [0.2, 0.25) is 0 Å². The molecule has 0 N–H and O–H groups in total. The highest BCUT2D eigenvalue weighted by Gasteiger charge is 2.10. The summed E-state index contributed by atoms with van der Waals surface area (Å²) in [6, 6.07) is 5.63. The molecule has 0 saturated heterocycles. The summed E-state index contributed by atoms with van der Waals surface area (Å²) in [6.07, 6.45) is 6.81. The maximum atomic E-state index is 11.7. The Balaban J connectivity index is 2.10. The molecule has 0 atom stereocenters. The third-order valence-electron chi connectivity index (χ3n) is 3.77. The molecule has 1 aromatic rings. The lowest BCUT2D eigenvalue weighted by Gasteiger charge is -2.09. The minimum atomic E-state index is -0.530. The molecule has 0 aliphatic heterocycles. The number of unbranched alkanes of at least 4 members (excludes halogenated alkanes) is 5. The van der Waals surface area contributed by atoms with Gasteiger partial charge in [-0.2, -0.15) is 0 Å². The van der Waals surface area contributed by atoms with Crippen LogP contribution in [0.25, 0.3) is 0 Å². The normalized spacial score (nSPS) is 10.5. The predicted molar refractivity (Wildman–Crippen MR) is 96.7 cm³/mol. The molecule has 0 unspecified atom stereocenters. The van der Waals surface area contributed by atoms with Gasteiger partial charge in [0.25, 0.3) is 0 Å². The Bertz CT molecular complexity index is 539. The van der Waals surface area contributed by atoms with Gasteiger partial charge in [0, 0.05) is 0 Å². The first-order valence-electron chi connectivity index (χ1n) is 9.04. The number of esters is 2. The van der Waals surface area contributed by atoms with Crippen molar-refractivity contribution in [2.24, 2.45) is 0 Å². The van der Waals surface area contributed by atoms with Crippen LogP contribution < -0.4 is 4.74 Å². The summed E-state index contributed by atoms with van der Waals surface area (Å²) < 4.78 is 15.4. The second-order valence-electron chi connectivity index (χ2n) is 6.22. The van der Waals surface area contributed by atoms with E-state index < -0.39 is 11.9 Å². The second-order valence-corrected chi connectivity index (χ2v) is 6.22. The quantitative estimate of drug-likeness (QED) is 0.322. The number of rotatable bonds is 12. The van der Waals surface area contributed by atoms with Gasteiger partial charge in [-0.15, -0.1) is 0 Å². The number of ether oxygens (including phenoxy) is 3. The zero-order chi connectivity index (χ0) is 18.5. The lowest BCUT2D eigenvalue weighted by molar-refractivity contribution is -0.152. The van der Waals surface area contributed by atoms with Gasteiger partial charge in [-0.25, -0.2) is 9.59 Å². The Morgan fingerprint density at radius 2 is 1.60 bits per heavy atom. The molecule has 5 heteroatoms. The maximum absolute atomic E-state index is 11.7. The van der Waals surface area contributed by atoms with Crippen molar-refractivity contribution in [3.63, 3.8) is 0 Å². The Hall–Kier alpha value is -1.88. The van der Waals surface area contributed by atoms with E-state index >= 15 is 0 Å². The van der Waals surface area contributed by atoms with Crippen LogP contribution in [0.4, 0.5) is 0 Å². The highest BCUT2D eigenvalue weighted by Crippen LogP contribution is 2.19. The monoisotopic (exact) mass is 350 g/mol. The van der Waals surface area contributed by atoms with E-state index in [-0.39, 0.29) is 13.2 Å². The molecule has 0 fully saturated rings. The zero-order valence-electron chi connectivity index (χ0n) is 15.6. The summed E-state index contributed by atoms with van der Waals surface area (Å²) in [5.41, 5.74) is 1.88. The summed E-state index contributed by atoms with van der Waals surface area (Å²) in [7, 11) is 0. The van der Waals surface area contributed by atoms with Crippen molar-refractivity contribution in [3.8, 4) is 5.75 Å². The fourth-order valence-electron chi connectivity index (χ4n) is 2.30. The van der Waals surface area contributed by atoms with Crippen molar-refractivity contribution in [1.29, 1.82) is 0 Å². The first-order chi connectivity index (χ1) is 12.0. The molecule has 1 aromatic carbocycles. The summed E-state index contributed by atoms with van der Waals surface area (Å²) in [6.45, 7) is 5.85. The molecule has 0 saturated carbocycles. The average Bonchev–Trinajstić information content (AvgIpc) is 2.57. The van der Waals surface area contributed by atoms with Gasteiger partial charge >= 0.3 is 11.9 Å². The van der Waals surface area contributed by atoms with E-state index in [4.69, 9.17) is 14.2 Å². The lowest BCUT2D eigenvalue weighted by Crippen LogP contribution is -2.20. The van der Waals surface area contributed by atoms with Crippen molar-refractivity contribution in [2.45, 2.75) is 59.3 Å². The maximum Gasteiger partial charge on any atom is 0.337 e. The smallest absolute Gasteiger partial charge is 0.337 e. The summed E-state index contributed by atoms with van der Waals surface area (Å²) in [5.74, 6) is -0.468. The van der Waals surface area contributed by atoms with Crippen LogP contribution in [0.15, 0.2) is 18.2 Å². The van der Waals surface area contributed by atoms with Gasteiger partial charge in [-0.1, -0.05) is 51.2 Å². The number of carbonyl (C=O) groups is 2. The van der Waals surface area contributed by atoms with Crippen molar-refractivity contribution >= 4 is 11.9 Å². The second kappa shape index (κ2) is 12.5. The first kappa shape index (κ1) is 21.2. The van der Waals surface area contributed by atoms with E-state index in [0.717, 1.165) is 24.0 Å². The van der Waals surface area contributed by atoms with Gasteiger partial charge in [0.1, 0.15) is 19.0 Å². The number of aryl methyl sites for hydroxylation is 2. The molecule has 0 spiro atoms. The molecule has 5 nitrogen and oxygen atoms in total. The summed E-state index contributed by atoms with van der Waals surface area (Å²) in [4.78, 5) is 23.3. The molecular formula is C20H30O5. The first-order valence-corrected chi connectivity index (χ1v) is 9.04. The third kappa shape index (κ3) is 9.87.